The maximum absolute atomic E-state index is 10.9. The Hall–Kier alpha value is -1.52. The summed E-state index contributed by atoms with van der Waals surface area (Å²) in [6.07, 6.45) is 3.31. The lowest BCUT2D eigenvalue weighted by Gasteiger charge is -2.50. The zero-order valence-electron chi connectivity index (χ0n) is 10.6. The smallest absolute Gasteiger partial charge is 0.165 e. The Morgan fingerprint density at radius 2 is 2.16 bits per heavy atom. The van der Waals surface area contributed by atoms with Gasteiger partial charge in [-0.3, -0.25) is 0 Å². The van der Waals surface area contributed by atoms with Crippen LogP contribution in [0.5, 0.6) is 11.5 Å². The van der Waals surface area contributed by atoms with Gasteiger partial charge in [-0.1, -0.05) is 18.2 Å². The first-order valence-corrected chi connectivity index (χ1v) is 6.59. The summed E-state index contributed by atoms with van der Waals surface area (Å²) in [5.41, 5.74) is 0.214. The number of ether oxygens (including phenoxy) is 1. The van der Waals surface area contributed by atoms with Gasteiger partial charge in [-0.05, 0) is 31.4 Å². The van der Waals surface area contributed by atoms with Crippen LogP contribution >= 0.6 is 0 Å². The summed E-state index contributed by atoms with van der Waals surface area (Å²) < 4.78 is 5.80. The molecule has 0 bridgehead atoms. The quantitative estimate of drug-likeness (QED) is 0.609. The molecule has 1 unspecified atom stereocenters. The second kappa shape index (κ2) is 3.14. The summed E-state index contributed by atoms with van der Waals surface area (Å²) in [4.78, 5) is 0. The zero-order chi connectivity index (χ0) is 13.4. The fraction of sp³-hybridized carbons (Fsp3) is 0.467. The molecule has 0 saturated heterocycles. The molecule has 0 radical (unpaired) electrons. The molecular weight excluding hydrogens is 244 g/mol. The van der Waals surface area contributed by atoms with Crippen molar-refractivity contribution >= 4 is 0 Å². The first kappa shape index (κ1) is 11.3. The summed E-state index contributed by atoms with van der Waals surface area (Å²) in [6.45, 7) is 1.92. The monoisotopic (exact) mass is 260 g/mol. The van der Waals surface area contributed by atoms with Gasteiger partial charge in [0.2, 0.25) is 0 Å². The van der Waals surface area contributed by atoms with Crippen LogP contribution in [-0.4, -0.2) is 33.1 Å². The molecule has 1 aliphatic heterocycles. The molecule has 0 saturated carbocycles. The third-order valence-electron chi connectivity index (χ3n) is 5.11. The molecule has 0 amide bonds. The van der Waals surface area contributed by atoms with Crippen LogP contribution in [0.15, 0.2) is 24.3 Å². The van der Waals surface area contributed by atoms with Gasteiger partial charge in [0.15, 0.2) is 11.5 Å². The Morgan fingerprint density at radius 3 is 2.95 bits per heavy atom. The minimum Gasteiger partial charge on any atom is -0.504 e. The molecule has 1 heterocycles. The van der Waals surface area contributed by atoms with Crippen molar-refractivity contribution in [2.75, 3.05) is 0 Å². The number of benzene rings is 1. The van der Waals surface area contributed by atoms with Crippen LogP contribution in [0.2, 0.25) is 0 Å². The lowest BCUT2D eigenvalue weighted by atomic mass is 9.56. The van der Waals surface area contributed by atoms with Crippen LogP contribution in [0, 0.1) is 0 Å². The molecule has 0 spiro atoms. The van der Waals surface area contributed by atoms with Gasteiger partial charge in [-0.15, -0.1) is 0 Å². The highest BCUT2D eigenvalue weighted by molar-refractivity contribution is 5.61. The molecule has 0 aromatic heterocycles. The van der Waals surface area contributed by atoms with Crippen LogP contribution < -0.4 is 4.74 Å². The molecule has 100 valence electrons. The molecule has 1 aromatic carbocycles. The highest BCUT2D eigenvalue weighted by Crippen LogP contribution is 2.59. The highest BCUT2D eigenvalue weighted by atomic mass is 16.5. The minimum absolute atomic E-state index is 0.0748. The van der Waals surface area contributed by atoms with Crippen LogP contribution in [0.1, 0.15) is 24.5 Å². The van der Waals surface area contributed by atoms with Crippen LogP contribution in [0.4, 0.5) is 0 Å². The summed E-state index contributed by atoms with van der Waals surface area (Å²) in [5.74, 6) is 0.497. The molecule has 19 heavy (non-hydrogen) atoms. The molecule has 3 aliphatic rings. The Balaban J connectivity index is 2.07. The summed E-state index contributed by atoms with van der Waals surface area (Å²) in [7, 11) is 0. The number of phenols is 1. The Bertz CT molecular complexity index is 608. The number of rotatable bonds is 0. The van der Waals surface area contributed by atoms with E-state index in [0.29, 0.717) is 12.2 Å². The van der Waals surface area contributed by atoms with Crippen molar-refractivity contribution < 1.29 is 20.1 Å². The molecule has 4 nitrogen and oxygen atoms in total. The maximum Gasteiger partial charge on any atom is 0.165 e. The second-order valence-electron chi connectivity index (χ2n) is 5.96. The lowest BCUT2D eigenvalue weighted by Crippen LogP contribution is -2.62. The number of aliphatic hydroxyl groups is 2. The van der Waals surface area contributed by atoms with Crippen molar-refractivity contribution in [1.82, 2.24) is 0 Å². The van der Waals surface area contributed by atoms with Crippen LogP contribution in [0.25, 0.3) is 0 Å². The van der Waals surface area contributed by atoms with E-state index in [2.05, 4.69) is 0 Å². The molecule has 4 rings (SSSR count). The van der Waals surface area contributed by atoms with Crippen molar-refractivity contribution in [3.05, 3.63) is 35.4 Å². The first-order valence-electron chi connectivity index (χ1n) is 6.59. The van der Waals surface area contributed by atoms with E-state index < -0.39 is 23.2 Å². The molecule has 3 N–H and O–H groups in total. The van der Waals surface area contributed by atoms with E-state index in [1.807, 2.05) is 13.0 Å². The third-order valence-corrected chi connectivity index (χ3v) is 5.11. The van der Waals surface area contributed by atoms with E-state index in [9.17, 15) is 15.3 Å². The van der Waals surface area contributed by atoms with E-state index in [-0.39, 0.29) is 5.75 Å². The van der Waals surface area contributed by atoms with Crippen molar-refractivity contribution in [2.24, 2.45) is 0 Å². The topological polar surface area (TPSA) is 69.9 Å². The van der Waals surface area contributed by atoms with Gasteiger partial charge in [-0.2, -0.15) is 0 Å². The molecule has 0 fully saturated rings. The number of hydrogen-bond acceptors (Lipinski definition) is 4. The highest BCUT2D eigenvalue weighted by Gasteiger charge is 2.63. The summed E-state index contributed by atoms with van der Waals surface area (Å²) in [5, 5.41) is 31.1. The van der Waals surface area contributed by atoms with Gasteiger partial charge < -0.3 is 20.1 Å². The Labute approximate surface area is 111 Å². The van der Waals surface area contributed by atoms with E-state index in [4.69, 9.17) is 4.74 Å². The Morgan fingerprint density at radius 1 is 1.37 bits per heavy atom. The fourth-order valence-corrected chi connectivity index (χ4v) is 3.97. The lowest BCUT2D eigenvalue weighted by molar-refractivity contribution is -0.0804. The molecule has 2 aliphatic carbocycles. The number of aryl methyl sites for hydroxylation is 1. The predicted molar refractivity (Wildman–Crippen MR) is 68.3 cm³/mol. The zero-order valence-corrected chi connectivity index (χ0v) is 10.6. The molecular formula is C15H16O4. The van der Waals surface area contributed by atoms with E-state index >= 15 is 0 Å². The minimum atomic E-state index is -1.02. The molecule has 4 atom stereocenters. The average Bonchev–Trinajstić information content (AvgIpc) is 2.71. The SMILES string of the molecule is C[C@]12c3c4ccc(O)c3O[C@H]1C(O)C=C[C@@]2(O)CC4. The van der Waals surface area contributed by atoms with Gasteiger partial charge >= 0.3 is 0 Å². The number of phenolic OH excluding ortho intramolecular Hbond substituents is 1. The van der Waals surface area contributed by atoms with Gasteiger partial charge in [0.25, 0.3) is 0 Å². The van der Waals surface area contributed by atoms with Gasteiger partial charge in [0.05, 0.1) is 11.0 Å². The van der Waals surface area contributed by atoms with Gasteiger partial charge in [0.1, 0.15) is 12.2 Å². The van der Waals surface area contributed by atoms with E-state index in [1.165, 1.54) is 0 Å². The third kappa shape index (κ3) is 1.08. The normalized spacial score (nSPS) is 41.8. The number of hydrogen-bond donors (Lipinski definition) is 3. The van der Waals surface area contributed by atoms with E-state index in [1.54, 1.807) is 18.2 Å². The van der Waals surface area contributed by atoms with E-state index in [0.717, 1.165) is 17.5 Å². The van der Waals surface area contributed by atoms with Crippen molar-refractivity contribution in [3.63, 3.8) is 0 Å². The van der Waals surface area contributed by atoms with Crippen LogP contribution in [-0.2, 0) is 11.8 Å². The largest absolute Gasteiger partial charge is 0.504 e. The fourth-order valence-electron chi connectivity index (χ4n) is 3.97. The van der Waals surface area contributed by atoms with Crippen molar-refractivity contribution in [1.29, 1.82) is 0 Å². The van der Waals surface area contributed by atoms with Crippen LogP contribution in [0.3, 0.4) is 0 Å². The number of aromatic hydroxyl groups is 1. The van der Waals surface area contributed by atoms with Crippen molar-refractivity contribution in [2.45, 2.75) is 43.0 Å². The second-order valence-corrected chi connectivity index (χ2v) is 5.96. The van der Waals surface area contributed by atoms with Gasteiger partial charge in [-0.25, -0.2) is 0 Å². The average molecular weight is 260 g/mol. The molecule has 4 heteroatoms. The standard InChI is InChI=1S/C15H16O4/c1-14-11-8-2-3-9(16)12(11)19-13(14)10(17)5-7-15(14,18)6-4-8/h2-3,5,7,10,13,16-18H,4,6H2,1H3/t10?,13-,14-,15-/m0/s1. The van der Waals surface area contributed by atoms with Gasteiger partial charge in [0, 0.05) is 5.56 Å². The summed E-state index contributed by atoms with van der Waals surface area (Å²) >= 11 is 0. The summed E-state index contributed by atoms with van der Waals surface area (Å²) in [6, 6.07) is 3.51. The first-order chi connectivity index (χ1) is 8.97. The molecule has 1 aromatic rings. The Kier molecular flexibility index (Phi) is 1.87. The number of aliphatic hydroxyl groups excluding tert-OH is 1. The maximum atomic E-state index is 10.9. The predicted octanol–water partition coefficient (Wildman–Crippen LogP) is 1.02. The van der Waals surface area contributed by atoms with Crippen molar-refractivity contribution in [3.8, 4) is 11.5 Å².